The van der Waals surface area contributed by atoms with Crippen LogP contribution in [-0.4, -0.2) is 8.32 Å². The van der Waals surface area contributed by atoms with Gasteiger partial charge in [-0.3, -0.25) is 0 Å². The summed E-state index contributed by atoms with van der Waals surface area (Å²) in [5, 5.41) is 1.87. The highest BCUT2D eigenvalue weighted by molar-refractivity contribution is 6.73. The van der Waals surface area contributed by atoms with Crippen LogP contribution in [0.3, 0.4) is 0 Å². The van der Waals surface area contributed by atoms with Crippen LogP contribution < -0.4 is 0 Å². The maximum atomic E-state index is 6.94. The van der Waals surface area contributed by atoms with Crippen LogP contribution in [0, 0.1) is 23.2 Å². The molecule has 158 valence electrons. The van der Waals surface area contributed by atoms with Crippen LogP contribution in [0.5, 0.6) is 0 Å². The van der Waals surface area contributed by atoms with Crippen molar-refractivity contribution in [2.75, 3.05) is 0 Å². The van der Waals surface area contributed by atoms with Crippen molar-refractivity contribution in [2.24, 2.45) is 23.2 Å². The summed E-state index contributed by atoms with van der Waals surface area (Å²) in [6, 6.07) is 6.99. The van der Waals surface area contributed by atoms with E-state index in [1.54, 1.807) is 12.1 Å². The molecule has 0 spiro atoms. The fourth-order valence-electron chi connectivity index (χ4n) is 5.66. The van der Waals surface area contributed by atoms with Crippen LogP contribution in [0.1, 0.15) is 72.0 Å². The van der Waals surface area contributed by atoms with Gasteiger partial charge in [0.2, 0.25) is 0 Å². The molecule has 0 saturated heterocycles. The van der Waals surface area contributed by atoms with Crippen LogP contribution >= 0.6 is 34.8 Å². The molecule has 1 aromatic rings. The van der Waals surface area contributed by atoms with Crippen LogP contribution in [0.2, 0.25) is 33.2 Å². The standard InChI is InChI=1S/C23H35Cl3OSi/c1-6-28(7-2,8-3)27-21(22-19(25)13-16(24)14-20(22)26)10-9-15-11-17-18(12-15)23(17,4)5/h13-15,17-18,21H,6-12H2,1-5H3/t15?,17-,18+,21?. The van der Waals surface area contributed by atoms with Gasteiger partial charge in [-0.15, -0.1) is 0 Å². The zero-order valence-corrected chi connectivity index (χ0v) is 21.2. The smallest absolute Gasteiger partial charge is 0.192 e. The Kier molecular flexibility index (Phi) is 7.20. The van der Waals surface area contributed by atoms with E-state index in [0.717, 1.165) is 47.9 Å². The molecule has 0 N–H and O–H groups in total. The van der Waals surface area contributed by atoms with E-state index in [9.17, 15) is 0 Å². The molecule has 0 heterocycles. The van der Waals surface area contributed by atoms with Crippen molar-refractivity contribution < 1.29 is 4.43 Å². The van der Waals surface area contributed by atoms with E-state index in [1.165, 1.54) is 19.3 Å². The number of hydrogen-bond donors (Lipinski definition) is 0. The van der Waals surface area contributed by atoms with E-state index in [2.05, 4.69) is 34.6 Å². The number of hydrogen-bond acceptors (Lipinski definition) is 1. The Hall–Kier alpha value is 0.267. The van der Waals surface area contributed by atoms with E-state index >= 15 is 0 Å². The van der Waals surface area contributed by atoms with Gasteiger partial charge in [-0.1, -0.05) is 69.4 Å². The molecule has 1 nitrogen and oxygen atoms in total. The van der Waals surface area contributed by atoms with E-state index in [-0.39, 0.29) is 6.10 Å². The lowest BCUT2D eigenvalue weighted by molar-refractivity contribution is 0.165. The zero-order valence-electron chi connectivity index (χ0n) is 18.0. The Bertz CT molecular complexity index is 656. The minimum atomic E-state index is -1.78. The molecule has 2 unspecified atom stereocenters. The molecule has 4 atom stereocenters. The Morgan fingerprint density at radius 1 is 1.00 bits per heavy atom. The summed E-state index contributed by atoms with van der Waals surface area (Å²) in [4.78, 5) is 0. The molecule has 0 aliphatic heterocycles. The molecule has 0 radical (unpaired) electrons. The predicted octanol–water partition coefficient (Wildman–Crippen LogP) is 9.17. The average molecular weight is 462 g/mol. The van der Waals surface area contributed by atoms with Gasteiger partial charge in [-0.2, -0.15) is 0 Å². The van der Waals surface area contributed by atoms with Gasteiger partial charge < -0.3 is 4.43 Å². The maximum absolute atomic E-state index is 6.94. The SMILES string of the molecule is CC[Si](CC)(CC)OC(CCC1C[C@@H]2[C@H](C1)C2(C)C)c1c(Cl)cc(Cl)cc1Cl. The monoisotopic (exact) mass is 460 g/mol. The van der Waals surface area contributed by atoms with E-state index < -0.39 is 8.32 Å². The molecule has 2 aliphatic rings. The average Bonchev–Trinajstić information content (AvgIpc) is 2.99. The molecule has 2 aliphatic carbocycles. The van der Waals surface area contributed by atoms with Gasteiger partial charge in [0.05, 0.1) is 6.10 Å². The van der Waals surface area contributed by atoms with Crippen LogP contribution in [0.25, 0.3) is 0 Å². The van der Waals surface area contributed by atoms with Crippen molar-refractivity contribution in [1.29, 1.82) is 0 Å². The van der Waals surface area contributed by atoms with Crippen LogP contribution in [0.4, 0.5) is 0 Å². The second-order valence-electron chi connectivity index (χ2n) is 9.58. The third-order valence-electron chi connectivity index (χ3n) is 7.99. The fourth-order valence-corrected chi connectivity index (χ4v) is 9.56. The van der Waals surface area contributed by atoms with Gasteiger partial charge in [0, 0.05) is 20.6 Å². The quantitative estimate of drug-likeness (QED) is 0.333. The van der Waals surface area contributed by atoms with Gasteiger partial charge in [0.25, 0.3) is 0 Å². The first-order valence-electron chi connectivity index (χ1n) is 11.0. The summed E-state index contributed by atoms with van der Waals surface area (Å²) in [5.74, 6) is 2.70. The molecule has 0 bridgehead atoms. The summed E-state index contributed by atoms with van der Waals surface area (Å²) < 4.78 is 6.94. The van der Waals surface area contributed by atoms with E-state index in [0.29, 0.717) is 20.5 Å². The third kappa shape index (κ3) is 4.47. The van der Waals surface area contributed by atoms with Gasteiger partial charge in [-0.25, -0.2) is 0 Å². The van der Waals surface area contributed by atoms with Gasteiger partial charge in [-0.05, 0) is 79.1 Å². The van der Waals surface area contributed by atoms with Crippen molar-refractivity contribution in [3.8, 4) is 0 Å². The number of fused-ring (bicyclic) bond motifs is 1. The summed E-state index contributed by atoms with van der Waals surface area (Å²) in [7, 11) is -1.78. The summed E-state index contributed by atoms with van der Waals surface area (Å²) in [6.45, 7) is 11.7. The van der Waals surface area contributed by atoms with Crippen LogP contribution in [0.15, 0.2) is 12.1 Å². The molecule has 2 fully saturated rings. The molecule has 0 aromatic heterocycles. The minimum absolute atomic E-state index is 0.0197. The fraction of sp³-hybridized carbons (Fsp3) is 0.739. The van der Waals surface area contributed by atoms with Crippen LogP contribution in [-0.2, 0) is 4.43 Å². The van der Waals surface area contributed by atoms with Gasteiger partial charge in [0.1, 0.15) is 0 Å². The molecular weight excluding hydrogens is 427 g/mol. The van der Waals surface area contributed by atoms with Gasteiger partial charge in [0.15, 0.2) is 8.32 Å². The maximum Gasteiger partial charge on any atom is 0.192 e. The van der Waals surface area contributed by atoms with Crippen molar-refractivity contribution in [3.63, 3.8) is 0 Å². The lowest BCUT2D eigenvalue weighted by Crippen LogP contribution is -2.37. The molecule has 5 heteroatoms. The Balaban J connectivity index is 1.77. The first-order chi connectivity index (χ1) is 13.2. The number of benzene rings is 1. The Morgan fingerprint density at radius 3 is 1.96 bits per heavy atom. The second-order valence-corrected chi connectivity index (χ2v) is 15.6. The number of rotatable bonds is 9. The van der Waals surface area contributed by atoms with Crippen molar-refractivity contribution in [1.82, 2.24) is 0 Å². The molecule has 0 amide bonds. The van der Waals surface area contributed by atoms with Crippen molar-refractivity contribution in [3.05, 3.63) is 32.8 Å². The first-order valence-corrected chi connectivity index (χ1v) is 14.7. The topological polar surface area (TPSA) is 9.23 Å². The highest BCUT2D eigenvalue weighted by Gasteiger charge is 2.61. The predicted molar refractivity (Wildman–Crippen MR) is 125 cm³/mol. The Morgan fingerprint density at radius 2 is 1.50 bits per heavy atom. The second kappa shape index (κ2) is 8.79. The van der Waals surface area contributed by atoms with Crippen molar-refractivity contribution >= 4 is 43.1 Å². The third-order valence-corrected chi connectivity index (χ3v) is 13.5. The molecular formula is C23H35Cl3OSi. The summed E-state index contributed by atoms with van der Waals surface area (Å²) in [6.07, 6.45) is 4.94. The first kappa shape index (κ1) is 22.9. The number of halogens is 3. The molecule has 3 rings (SSSR count). The largest absolute Gasteiger partial charge is 0.410 e. The van der Waals surface area contributed by atoms with E-state index in [4.69, 9.17) is 39.2 Å². The minimum Gasteiger partial charge on any atom is -0.410 e. The lowest BCUT2D eigenvalue weighted by Gasteiger charge is -2.35. The Labute approximate surface area is 187 Å². The van der Waals surface area contributed by atoms with Gasteiger partial charge >= 0.3 is 0 Å². The zero-order chi connectivity index (χ0) is 20.7. The lowest BCUT2D eigenvalue weighted by atomic mass is 9.88. The molecule has 28 heavy (non-hydrogen) atoms. The highest BCUT2D eigenvalue weighted by Crippen LogP contribution is 2.68. The summed E-state index contributed by atoms with van der Waals surface area (Å²) >= 11 is 19.4. The molecule has 1 aromatic carbocycles. The normalized spacial score (nSPS) is 26.9. The molecule has 2 saturated carbocycles. The van der Waals surface area contributed by atoms with Crippen molar-refractivity contribution in [2.45, 2.75) is 84.5 Å². The highest BCUT2D eigenvalue weighted by atomic mass is 35.5. The summed E-state index contributed by atoms with van der Waals surface area (Å²) in [5.41, 5.74) is 1.53. The van der Waals surface area contributed by atoms with E-state index in [1.807, 2.05) is 0 Å².